The number of nitrogens with zero attached hydrogens (tertiary/aromatic N) is 2. The molecule has 124 valence electrons. The van der Waals surface area contributed by atoms with Gasteiger partial charge in [0, 0.05) is 29.8 Å². The highest BCUT2D eigenvalue weighted by atomic mass is 16.5. The maximum Gasteiger partial charge on any atom is 0.306 e. The number of ether oxygens (including phenoxy) is 1. The Bertz CT molecular complexity index is 940. The van der Waals surface area contributed by atoms with Crippen molar-refractivity contribution in [2.75, 3.05) is 6.61 Å². The SMILES string of the molecule is CCOC(=O)CCc1ccc2cncc(-c3ccc(C#N)cc3)c2c1. The third-order valence-corrected chi connectivity index (χ3v) is 4.07. The number of aryl methyl sites for hydroxylation is 1. The minimum absolute atomic E-state index is 0.176. The number of rotatable bonds is 5. The molecule has 25 heavy (non-hydrogen) atoms. The van der Waals surface area contributed by atoms with Crippen molar-refractivity contribution >= 4 is 16.7 Å². The molecule has 3 aromatic rings. The van der Waals surface area contributed by atoms with Gasteiger partial charge >= 0.3 is 5.97 Å². The fourth-order valence-electron chi connectivity index (χ4n) is 2.80. The molecule has 0 amide bonds. The summed E-state index contributed by atoms with van der Waals surface area (Å²) in [6.07, 6.45) is 4.68. The average molecular weight is 330 g/mol. The predicted octanol–water partition coefficient (Wildman–Crippen LogP) is 4.27. The van der Waals surface area contributed by atoms with Crippen LogP contribution in [0, 0.1) is 11.3 Å². The summed E-state index contributed by atoms with van der Waals surface area (Å²) in [5, 5.41) is 11.1. The molecule has 0 saturated heterocycles. The molecule has 4 nitrogen and oxygen atoms in total. The lowest BCUT2D eigenvalue weighted by Crippen LogP contribution is -2.05. The van der Waals surface area contributed by atoms with E-state index in [1.165, 1.54) is 0 Å². The van der Waals surface area contributed by atoms with Crippen molar-refractivity contribution in [1.82, 2.24) is 4.98 Å². The minimum Gasteiger partial charge on any atom is -0.466 e. The highest BCUT2D eigenvalue weighted by molar-refractivity contribution is 5.96. The molecule has 2 aromatic carbocycles. The molecular weight excluding hydrogens is 312 g/mol. The van der Waals surface area contributed by atoms with Crippen LogP contribution < -0.4 is 0 Å². The van der Waals surface area contributed by atoms with Crippen molar-refractivity contribution in [1.29, 1.82) is 5.26 Å². The van der Waals surface area contributed by atoms with Crippen LogP contribution in [0.3, 0.4) is 0 Å². The Labute approximate surface area is 146 Å². The number of esters is 1. The van der Waals surface area contributed by atoms with E-state index < -0.39 is 0 Å². The Hall–Kier alpha value is -3.19. The van der Waals surface area contributed by atoms with E-state index in [0.29, 0.717) is 25.0 Å². The number of hydrogen-bond acceptors (Lipinski definition) is 4. The quantitative estimate of drug-likeness (QED) is 0.655. The molecule has 0 unspecified atom stereocenters. The van der Waals surface area contributed by atoms with Gasteiger partial charge in [-0.1, -0.05) is 30.3 Å². The van der Waals surface area contributed by atoms with E-state index in [4.69, 9.17) is 10.00 Å². The molecule has 0 aliphatic rings. The van der Waals surface area contributed by atoms with Crippen LogP contribution in [0.25, 0.3) is 21.9 Å². The monoisotopic (exact) mass is 330 g/mol. The van der Waals surface area contributed by atoms with E-state index in [9.17, 15) is 4.79 Å². The van der Waals surface area contributed by atoms with Crippen molar-refractivity contribution in [2.24, 2.45) is 0 Å². The predicted molar refractivity (Wildman–Crippen MR) is 96.8 cm³/mol. The first-order valence-electron chi connectivity index (χ1n) is 8.24. The van der Waals surface area contributed by atoms with Gasteiger partial charge in [0.05, 0.1) is 18.2 Å². The van der Waals surface area contributed by atoms with Crippen LogP contribution in [0.1, 0.15) is 24.5 Å². The summed E-state index contributed by atoms with van der Waals surface area (Å²) in [5.74, 6) is -0.176. The molecule has 0 spiro atoms. The maximum atomic E-state index is 11.6. The molecule has 0 aliphatic heterocycles. The molecule has 0 N–H and O–H groups in total. The summed E-state index contributed by atoms with van der Waals surface area (Å²) in [6, 6.07) is 15.7. The fourth-order valence-corrected chi connectivity index (χ4v) is 2.80. The highest BCUT2D eigenvalue weighted by Crippen LogP contribution is 2.29. The Balaban J connectivity index is 1.94. The molecular formula is C21H18N2O2. The number of fused-ring (bicyclic) bond motifs is 1. The molecule has 0 saturated carbocycles. The molecule has 0 fully saturated rings. The summed E-state index contributed by atoms with van der Waals surface area (Å²) in [6.45, 7) is 2.22. The minimum atomic E-state index is -0.176. The van der Waals surface area contributed by atoms with Gasteiger partial charge in [-0.3, -0.25) is 9.78 Å². The summed E-state index contributed by atoms with van der Waals surface area (Å²) < 4.78 is 4.99. The fraction of sp³-hybridized carbons (Fsp3) is 0.190. The Morgan fingerprint density at radius 3 is 2.68 bits per heavy atom. The molecule has 0 atom stereocenters. The average Bonchev–Trinajstić information content (AvgIpc) is 2.66. The third-order valence-electron chi connectivity index (χ3n) is 4.07. The number of pyridine rings is 1. The second kappa shape index (κ2) is 7.59. The lowest BCUT2D eigenvalue weighted by atomic mass is 9.97. The third kappa shape index (κ3) is 3.84. The van der Waals surface area contributed by atoms with Gasteiger partial charge in [-0.15, -0.1) is 0 Å². The van der Waals surface area contributed by atoms with E-state index in [0.717, 1.165) is 27.5 Å². The van der Waals surface area contributed by atoms with E-state index in [1.54, 1.807) is 12.1 Å². The normalized spacial score (nSPS) is 10.4. The summed E-state index contributed by atoms with van der Waals surface area (Å²) in [5.41, 5.74) is 3.74. The van der Waals surface area contributed by atoms with Crippen LogP contribution in [-0.4, -0.2) is 17.6 Å². The van der Waals surface area contributed by atoms with E-state index in [-0.39, 0.29) is 5.97 Å². The van der Waals surface area contributed by atoms with Gasteiger partial charge in [0.25, 0.3) is 0 Å². The number of aromatic nitrogens is 1. The van der Waals surface area contributed by atoms with Gasteiger partial charge in [-0.2, -0.15) is 5.26 Å². The number of carbonyl (C=O) groups excluding carboxylic acids is 1. The lowest BCUT2D eigenvalue weighted by Gasteiger charge is -2.09. The van der Waals surface area contributed by atoms with E-state index in [2.05, 4.69) is 17.1 Å². The van der Waals surface area contributed by atoms with Crippen molar-refractivity contribution in [2.45, 2.75) is 19.8 Å². The summed E-state index contributed by atoms with van der Waals surface area (Å²) in [7, 11) is 0. The van der Waals surface area contributed by atoms with Crippen molar-refractivity contribution in [3.8, 4) is 17.2 Å². The Morgan fingerprint density at radius 2 is 1.96 bits per heavy atom. The number of carbonyl (C=O) groups is 1. The van der Waals surface area contributed by atoms with Gasteiger partial charge in [-0.25, -0.2) is 0 Å². The topological polar surface area (TPSA) is 63.0 Å². The summed E-state index contributed by atoms with van der Waals surface area (Å²) in [4.78, 5) is 15.9. The molecule has 3 rings (SSSR count). The van der Waals surface area contributed by atoms with Gasteiger partial charge < -0.3 is 4.74 Å². The first kappa shape index (κ1) is 16.7. The zero-order chi connectivity index (χ0) is 17.6. The van der Waals surface area contributed by atoms with Crippen molar-refractivity contribution in [3.05, 3.63) is 66.0 Å². The first-order chi connectivity index (χ1) is 12.2. The van der Waals surface area contributed by atoms with Crippen molar-refractivity contribution < 1.29 is 9.53 Å². The molecule has 1 aromatic heterocycles. The first-order valence-corrected chi connectivity index (χ1v) is 8.24. The molecule has 0 radical (unpaired) electrons. The van der Waals surface area contributed by atoms with Crippen LogP contribution in [0.2, 0.25) is 0 Å². The van der Waals surface area contributed by atoms with Crippen LogP contribution in [0.15, 0.2) is 54.9 Å². The van der Waals surface area contributed by atoms with Crippen LogP contribution >= 0.6 is 0 Å². The van der Waals surface area contributed by atoms with Gasteiger partial charge in [0.15, 0.2) is 0 Å². The van der Waals surface area contributed by atoms with E-state index >= 15 is 0 Å². The van der Waals surface area contributed by atoms with Gasteiger partial charge in [-0.05, 0) is 42.0 Å². The van der Waals surface area contributed by atoms with Crippen molar-refractivity contribution in [3.63, 3.8) is 0 Å². The number of hydrogen-bond donors (Lipinski definition) is 0. The zero-order valence-electron chi connectivity index (χ0n) is 14.0. The van der Waals surface area contributed by atoms with Gasteiger partial charge in [0.2, 0.25) is 0 Å². The largest absolute Gasteiger partial charge is 0.466 e. The maximum absolute atomic E-state index is 11.6. The lowest BCUT2D eigenvalue weighted by molar-refractivity contribution is -0.143. The van der Waals surface area contributed by atoms with Gasteiger partial charge in [0.1, 0.15) is 0 Å². The smallest absolute Gasteiger partial charge is 0.306 e. The molecule has 4 heteroatoms. The second-order valence-electron chi connectivity index (χ2n) is 5.74. The van der Waals surface area contributed by atoms with E-state index in [1.807, 2.05) is 43.6 Å². The Morgan fingerprint density at radius 1 is 1.16 bits per heavy atom. The molecule has 1 heterocycles. The zero-order valence-corrected chi connectivity index (χ0v) is 14.0. The second-order valence-corrected chi connectivity index (χ2v) is 5.74. The standard InChI is InChI=1S/C21H18N2O2/c1-2-25-21(24)10-6-15-3-9-18-13-23-14-20(19(18)11-15)17-7-4-16(12-22)5-8-17/h3-5,7-9,11,13-14H,2,6,10H2,1H3. The Kier molecular flexibility index (Phi) is 5.06. The summed E-state index contributed by atoms with van der Waals surface area (Å²) >= 11 is 0. The molecule has 0 bridgehead atoms. The van der Waals surface area contributed by atoms with Crippen LogP contribution in [-0.2, 0) is 16.0 Å². The highest BCUT2D eigenvalue weighted by Gasteiger charge is 2.08. The van der Waals surface area contributed by atoms with Crippen LogP contribution in [0.4, 0.5) is 0 Å². The van der Waals surface area contributed by atoms with Crippen LogP contribution in [0.5, 0.6) is 0 Å². The molecule has 0 aliphatic carbocycles. The number of benzene rings is 2. The number of nitriles is 1.